The van der Waals surface area contributed by atoms with Gasteiger partial charge in [-0.1, -0.05) is 13.8 Å². The van der Waals surface area contributed by atoms with Crippen molar-refractivity contribution < 1.29 is 5.11 Å². The van der Waals surface area contributed by atoms with E-state index in [-0.39, 0.29) is 6.10 Å². The molecule has 0 aliphatic carbocycles. The van der Waals surface area contributed by atoms with Crippen LogP contribution in [0.1, 0.15) is 26.7 Å². The summed E-state index contributed by atoms with van der Waals surface area (Å²) in [6.07, 6.45) is 2.34. The van der Waals surface area contributed by atoms with E-state index in [2.05, 4.69) is 24.5 Å². The van der Waals surface area contributed by atoms with Crippen molar-refractivity contribution in [3.05, 3.63) is 0 Å². The van der Waals surface area contributed by atoms with Gasteiger partial charge in [0.2, 0.25) is 0 Å². The predicted molar refractivity (Wildman–Crippen MR) is 59.3 cm³/mol. The van der Waals surface area contributed by atoms with Crippen LogP contribution in [0.25, 0.3) is 0 Å². The van der Waals surface area contributed by atoms with Crippen LogP contribution in [0, 0.1) is 11.8 Å². The zero-order valence-corrected chi connectivity index (χ0v) is 9.42. The summed E-state index contributed by atoms with van der Waals surface area (Å²) in [5, 5.41) is 16.3. The van der Waals surface area contributed by atoms with E-state index in [0.717, 1.165) is 32.1 Å². The maximum absolute atomic E-state index is 9.58. The van der Waals surface area contributed by atoms with E-state index in [4.69, 9.17) is 0 Å². The molecule has 0 saturated carbocycles. The lowest BCUT2D eigenvalue weighted by molar-refractivity contribution is 0.121. The van der Waals surface area contributed by atoms with Gasteiger partial charge in [0, 0.05) is 6.54 Å². The highest BCUT2D eigenvalue weighted by Crippen LogP contribution is 2.09. The Kier molecular flexibility index (Phi) is 5.45. The monoisotopic (exact) mass is 200 g/mol. The first-order valence-electron chi connectivity index (χ1n) is 5.79. The fraction of sp³-hybridized carbons (Fsp3) is 1.00. The van der Waals surface area contributed by atoms with Gasteiger partial charge in [-0.25, -0.2) is 0 Å². The van der Waals surface area contributed by atoms with Crippen molar-refractivity contribution >= 4 is 0 Å². The molecule has 0 aromatic carbocycles. The van der Waals surface area contributed by atoms with Crippen LogP contribution in [-0.2, 0) is 0 Å². The summed E-state index contributed by atoms with van der Waals surface area (Å²) in [6.45, 7) is 8.21. The third-order valence-corrected chi connectivity index (χ3v) is 3.01. The summed E-state index contributed by atoms with van der Waals surface area (Å²) in [5.74, 6) is 1.16. The summed E-state index contributed by atoms with van der Waals surface area (Å²) in [4.78, 5) is 0. The third-order valence-electron chi connectivity index (χ3n) is 3.01. The van der Waals surface area contributed by atoms with Gasteiger partial charge in [-0.15, -0.1) is 0 Å². The molecule has 1 heterocycles. The van der Waals surface area contributed by atoms with Crippen molar-refractivity contribution in [1.82, 2.24) is 10.6 Å². The largest absolute Gasteiger partial charge is 0.392 e. The molecule has 0 aromatic rings. The fourth-order valence-corrected chi connectivity index (χ4v) is 1.76. The topological polar surface area (TPSA) is 44.3 Å². The van der Waals surface area contributed by atoms with Gasteiger partial charge < -0.3 is 15.7 Å². The zero-order chi connectivity index (χ0) is 10.4. The molecule has 1 atom stereocenters. The smallest absolute Gasteiger partial charge is 0.0687 e. The SMILES string of the molecule is CC(C)C(O)CNCC1CCNCC1. The molecule has 1 fully saturated rings. The molecule has 1 aliphatic heterocycles. The van der Waals surface area contributed by atoms with Gasteiger partial charge in [0.1, 0.15) is 0 Å². The third kappa shape index (κ3) is 4.40. The average molecular weight is 200 g/mol. The van der Waals surface area contributed by atoms with Crippen molar-refractivity contribution in [2.45, 2.75) is 32.8 Å². The van der Waals surface area contributed by atoms with Crippen molar-refractivity contribution in [2.24, 2.45) is 11.8 Å². The highest BCUT2D eigenvalue weighted by molar-refractivity contribution is 4.72. The Balaban J connectivity index is 2.02. The first kappa shape index (κ1) is 12.0. The van der Waals surface area contributed by atoms with Crippen molar-refractivity contribution in [1.29, 1.82) is 0 Å². The Morgan fingerprint density at radius 2 is 2.00 bits per heavy atom. The first-order chi connectivity index (χ1) is 6.70. The molecule has 0 spiro atoms. The molecule has 84 valence electrons. The molecule has 14 heavy (non-hydrogen) atoms. The molecule has 3 N–H and O–H groups in total. The molecule has 0 amide bonds. The molecule has 3 heteroatoms. The minimum Gasteiger partial charge on any atom is -0.392 e. The van der Waals surface area contributed by atoms with E-state index in [1.165, 1.54) is 12.8 Å². The zero-order valence-electron chi connectivity index (χ0n) is 9.42. The van der Waals surface area contributed by atoms with Crippen LogP contribution in [0.4, 0.5) is 0 Å². The second kappa shape index (κ2) is 6.38. The van der Waals surface area contributed by atoms with E-state index in [1.54, 1.807) is 0 Å². The molecule has 0 aromatic heterocycles. The predicted octanol–water partition coefficient (Wildman–Crippen LogP) is 0.592. The highest BCUT2D eigenvalue weighted by atomic mass is 16.3. The van der Waals surface area contributed by atoms with Gasteiger partial charge in [0.25, 0.3) is 0 Å². The summed E-state index contributed by atoms with van der Waals surface area (Å²) in [5.41, 5.74) is 0. The maximum Gasteiger partial charge on any atom is 0.0687 e. The van der Waals surface area contributed by atoms with Gasteiger partial charge >= 0.3 is 0 Å². The Morgan fingerprint density at radius 3 is 2.57 bits per heavy atom. The van der Waals surface area contributed by atoms with E-state index < -0.39 is 0 Å². The summed E-state index contributed by atoms with van der Waals surface area (Å²) < 4.78 is 0. The number of piperidine rings is 1. The van der Waals surface area contributed by atoms with Crippen LogP contribution in [0.5, 0.6) is 0 Å². The van der Waals surface area contributed by atoms with Crippen LogP contribution in [0.3, 0.4) is 0 Å². The molecule has 1 saturated heterocycles. The second-order valence-electron chi connectivity index (χ2n) is 4.66. The molecular weight excluding hydrogens is 176 g/mol. The van der Waals surface area contributed by atoms with Crippen LogP contribution < -0.4 is 10.6 Å². The molecular formula is C11H24N2O. The molecule has 1 rings (SSSR count). The van der Waals surface area contributed by atoms with E-state index >= 15 is 0 Å². The summed E-state index contributed by atoms with van der Waals surface area (Å²) >= 11 is 0. The normalized spacial score (nSPS) is 21.4. The standard InChI is InChI=1S/C11H24N2O/c1-9(2)11(14)8-13-7-10-3-5-12-6-4-10/h9-14H,3-8H2,1-2H3. The molecule has 1 aliphatic rings. The molecule has 1 unspecified atom stereocenters. The van der Waals surface area contributed by atoms with Gasteiger partial charge in [-0.2, -0.15) is 0 Å². The minimum atomic E-state index is -0.197. The van der Waals surface area contributed by atoms with E-state index in [9.17, 15) is 5.11 Å². The molecule has 3 nitrogen and oxygen atoms in total. The van der Waals surface area contributed by atoms with E-state index in [0.29, 0.717) is 5.92 Å². The Hall–Kier alpha value is -0.120. The lowest BCUT2D eigenvalue weighted by Gasteiger charge is -2.24. The summed E-state index contributed by atoms with van der Waals surface area (Å²) in [6, 6.07) is 0. The average Bonchev–Trinajstić information content (AvgIpc) is 2.19. The Bertz CT molecular complexity index is 144. The van der Waals surface area contributed by atoms with Gasteiger partial charge in [0.15, 0.2) is 0 Å². The second-order valence-corrected chi connectivity index (χ2v) is 4.66. The van der Waals surface area contributed by atoms with Crippen molar-refractivity contribution in [3.8, 4) is 0 Å². The highest BCUT2D eigenvalue weighted by Gasteiger charge is 2.13. The number of aliphatic hydroxyl groups excluding tert-OH is 1. The number of aliphatic hydroxyl groups is 1. The number of rotatable bonds is 5. The van der Waals surface area contributed by atoms with Crippen LogP contribution in [-0.4, -0.2) is 37.4 Å². The summed E-state index contributed by atoms with van der Waals surface area (Å²) in [7, 11) is 0. The Morgan fingerprint density at radius 1 is 1.36 bits per heavy atom. The van der Waals surface area contributed by atoms with Gasteiger partial charge in [-0.3, -0.25) is 0 Å². The molecule has 0 bridgehead atoms. The van der Waals surface area contributed by atoms with Crippen molar-refractivity contribution in [3.63, 3.8) is 0 Å². The lowest BCUT2D eigenvalue weighted by Crippen LogP contribution is -2.37. The quantitative estimate of drug-likeness (QED) is 0.609. The maximum atomic E-state index is 9.58. The number of nitrogens with one attached hydrogen (secondary N) is 2. The van der Waals surface area contributed by atoms with Crippen LogP contribution >= 0.6 is 0 Å². The lowest BCUT2D eigenvalue weighted by atomic mass is 9.98. The van der Waals surface area contributed by atoms with Crippen molar-refractivity contribution in [2.75, 3.05) is 26.2 Å². The minimum absolute atomic E-state index is 0.197. The first-order valence-corrected chi connectivity index (χ1v) is 5.79. The van der Waals surface area contributed by atoms with Crippen LogP contribution in [0.15, 0.2) is 0 Å². The fourth-order valence-electron chi connectivity index (χ4n) is 1.76. The number of hydrogen-bond donors (Lipinski definition) is 3. The van der Waals surface area contributed by atoms with E-state index in [1.807, 2.05) is 0 Å². The molecule has 0 radical (unpaired) electrons. The van der Waals surface area contributed by atoms with Crippen LogP contribution in [0.2, 0.25) is 0 Å². The van der Waals surface area contributed by atoms with Gasteiger partial charge in [0.05, 0.1) is 6.10 Å². The number of hydrogen-bond acceptors (Lipinski definition) is 3. The van der Waals surface area contributed by atoms with Gasteiger partial charge in [-0.05, 0) is 44.3 Å². The Labute approximate surface area is 87.3 Å².